The lowest BCUT2D eigenvalue weighted by molar-refractivity contribution is -0.161. The fourth-order valence-corrected chi connectivity index (χ4v) is 2.24. The molecule has 22 heavy (non-hydrogen) atoms. The van der Waals surface area contributed by atoms with Crippen LogP contribution in [-0.2, 0) is 23.9 Å². The molecule has 0 amide bonds. The Bertz CT molecular complexity index is 422. The number of aliphatic hydroxyl groups excluding tert-OH is 1. The summed E-state index contributed by atoms with van der Waals surface area (Å²) in [5.41, 5.74) is -0.530. The molecule has 1 atom stereocenters. The van der Waals surface area contributed by atoms with E-state index in [2.05, 4.69) is 11.3 Å². The van der Waals surface area contributed by atoms with Crippen LogP contribution in [0.2, 0.25) is 0 Å². The molecular weight excluding hydrogens is 292 g/mol. The molecule has 124 valence electrons. The maximum absolute atomic E-state index is 11.8. The highest BCUT2D eigenvalue weighted by atomic mass is 16.6. The van der Waals surface area contributed by atoms with Crippen LogP contribution in [0.25, 0.3) is 0 Å². The first kappa shape index (κ1) is 18.2. The second-order valence-corrected chi connectivity index (χ2v) is 5.30. The Morgan fingerprint density at radius 3 is 2.18 bits per heavy atom. The third-order valence-electron chi connectivity index (χ3n) is 3.48. The van der Waals surface area contributed by atoms with Gasteiger partial charge in [-0.25, -0.2) is 14.4 Å². The van der Waals surface area contributed by atoms with Gasteiger partial charge < -0.3 is 19.7 Å². The van der Waals surface area contributed by atoms with Gasteiger partial charge in [-0.2, -0.15) is 0 Å². The summed E-state index contributed by atoms with van der Waals surface area (Å²) in [5.74, 6) is -3.43. The average Bonchev–Trinajstić information content (AvgIpc) is 2.45. The zero-order chi connectivity index (χ0) is 16.5. The van der Waals surface area contributed by atoms with Gasteiger partial charge in [0.25, 0.3) is 0 Å². The fraction of sp³-hybridized carbons (Fsp3) is 0.667. The number of hydrogen-bond donors (Lipinski definition) is 2. The van der Waals surface area contributed by atoms with Crippen LogP contribution in [0.15, 0.2) is 12.2 Å². The van der Waals surface area contributed by atoms with E-state index in [0.29, 0.717) is 0 Å². The lowest BCUT2D eigenvalue weighted by Gasteiger charge is -2.22. The lowest BCUT2D eigenvalue weighted by atomic mass is 9.98. The van der Waals surface area contributed by atoms with E-state index in [1.54, 1.807) is 0 Å². The maximum Gasteiger partial charge on any atom is 0.341 e. The quantitative estimate of drug-likeness (QED) is 0.559. The number of rotatable bonds is 6. The normalized spacial score (nSPS) is 17.7. The average molecular weight is 314 g/mol. The monoisotopic (exact) mass is 314 g/mol. The Morgan fingerprint density at radius 1 is 1.09 bits per heavy atom. The Labute approximate surface area is 128 Å². The molecular formula is C15H22O7. The predicted molar refractivity (Wildman–Crippen MR) is 75.9 cm³/mol. The van der Waals surface area contributed by atoms with Gasteiger partial charge in [0.15, 0.2) is 12.7 Å². The van der Waals surface area contributed by atoms with Crippen LogP contribution in [0.5, 0.6) is 0 Å². The number of carboxylic acids is 1. The van der Waals surface area contributed by atoms with Gasteiger partial charge in [0.05, 0.1) is 5.57 Å². The molecule has 0 aromatic rings. The molecule has 7 nitrogen and oxygen atoms in total. The first-order valence-corrected chi connectivity index (χ1v) is 7.38. The van der Waals surface area contributed by atoms with Crippen molar-refractivity contribution in [3.63, 3.8) is 0 Å². The van der Waals surface area contributed by atoms with Crippen LogP contribution >= 0.6 is 0 Å². The van der Waals surface area contributed by atoms with Gasteiger partial charge in [0.2, 0.25) is 0 Å². The Kier molecular flexibility index (Phi) is 7.59. The van der Waals surface area contributed by atoms with Crippen molar-refractivity contribution in [3.05, 3.63) is 12.2 Å². The molecule has 1 rings (SSSR count). The second-order valence-electron chi connectivity index (χ2n) is 5.30. The summed E-state index contributed by atoms with van der Waals surface area (Å²) in [6.07, 6.45) is 4.61. The molecule has 7 heteroatoms. The molecule has 0 heterocycles. The number of aliphatic hydroxyl groups is 1. The van der Waals surface area contributed by atoms with E-state index in [9.17, 15) is 19.5 Å². The van der Waals surface area contributed by atoms with E-state index in [0.717, 1.165) is 38.5 Å². The fourth-order valence-electron chi connectivity index (χ4n) is 2.24. The van der Waals surface area contributed by atoms with E-state index in [4.69, 9.17) is 9.84 Å². The number of carboxylic acid groups (broad SMARTS) is 1. The molecule has 0 spiro atoms. The predicted octanol–water partition coefficient (Wildman–Crippen LogP) is 1.19. The minimum Gasteiger partial charge on any atom is -0.479 e. The molecule has 0 bridgehead atoms. The standard InChI is InChI=1S/C15H22O7/c1-10(14(19)21-9-12(16)17)13(18)15(20)22-11-7-5-3-2-4-6-8-11/h11,13,18H,1-9H2,(H,16,17). The Morgan fingerprint density at radius 2 is 1.64 bits per heavy atom. The highest BCUT2D eigenvalue weighted by molar-refractivity contribution is 5.97. The van der Waals surface area contributed by atoms with E-state index in [1.807, 2.05) is 0 Å². The molecule has 1 aliphatic rings. The Hall–Kier alpha value is -1.89. The van der Waals surface area contributed by atoms with Gasteiger partial charge >= 0.3 is 17.9 Å². The zero-order valence-corrected chi connectivity index (χ0v) is 12.5. The van der Waals surface area contributed by atoms with Crippen molar-refractivity contribution in [1.29, 1.82) is 0 Å². The van der Waals surface area contributed by atoms with Crippen molar-refractivity contribution < 1.29 is 34.1 Å². The molecule has 0 aliphatic heterocycles. The van der Waals surface area contributed by atoms with Crippen molar-refractivity contribution in [2.24, 2.45) is 0 Å². The van der Waals surface area contributed by atoms with Gasteiger partial charge in [-0.1, -0.05) is 25.8 Å². The van der Waals surface area contributed by atoms with Crippen molar-refractivity contribution in [2.45, 2.75) is 57.2 Å². The maximum atomic E-state index is 11.8. The number of aliphatic carboxylic acids is 1. The number of esters is 2. The van der Waals surface area contributed by atoms with Gasteiger partial charge in [-0.3, -0.25) is 0 Å². The van der Waals surface area contributed by atoms with Crippen molar-refractivity contribution >= 4 is 17.9 Å². The molecule has 0 saturated heterocycles. The summed E-state index contributed by atoms with van der Waals surface area (Å²) >= 11 is 0. The number of hydrogen-bond acceptors (Lipinski definition) is 6. The molecule has 1 unspecified atom stereocenters. The summed E-state index contributed by atoms with van der Waals surface area (Å²) in [7, 11) is 0. The molecule has 0 radical (unpaired) electrons. The third-order valence-corrected chi connectivity index (χ3v) is 3.48. The number of carbonyl (C=O) groups excluding carboxylic acids is 2. The van der Waals surface area contributed by atoms with Crippen LogP contribution in [0.1, 0.15) is 44.9 Å². The number of carbonyl (C=O) groups is 3. The van der Waals surface area contributed by atoms with Crippen molar-refractivity contribution in [3.8, 4) is 0 Å². The van der Waals surface area contributed by atoms with E-state index < -0.39 is 36.2 Å². The first-order valence-electron chi connectivity index (χ1n) is 7.38. The molecule has 2 N–H and O–H groups in total. The Balaban J connectivity index is 2.46. The largest absolute Gasteiger partial charge is 0.479 e. The minimum atomic E-state index is -1.84. The highest BCUT2D eigenvalue weighted by Gasteiger charge is 2.28. The topological polar surface area (TPSA) is 110 Å². The summed E-state index contributed by atoms with van der Waals surface area (Å²) in [4.78, 5) is 33.6. The van der Waals surface area contributed by atoms with Crippen molar-refractivity contribution in [1.82, 2.24) is 0 Å². The SMILES string of the molecule is C=C(C(=O)OCC(=O)O)C(O)C(=O)OC1CCCCCCC1. The summed E-state index contributed by atoms with van der Waals surface area (Å²) in [6.45, 7) is 2.40. The molecule has 1 saturated carbocycles. The second kappa shape index (κ2) is 9.19. The van der Waals surface area contributed by atoms with Gasteiger partial charge in [-0.15, -0.1) is 0 Å². The third kappa shape index (κ3) is 6.26. The minimum absolute atomic E-state index is 0.273. The first-order chi connectivity index (χ1) is 10.4. The zero-order valence-electron chi connectivity index (χ0n) is 12.5. The van der Waals surface area contributed by atoms with Crippen LogP contribution in [0.4, 0.5) is 0 Å². The van der Waals surface area contributed by atoms with Gasteiger partial charge in [0.1, 0.15) is 6.10 Å². The van der Waals surface area contributed by atoms with Crippen LogP contribution in [0.3, 0.4) is 0 Å². The van der Waals surface area contributed by atoms with Crippen LogP contribution in [-0.4, -0.2) is 46.9 Å². The smallest absolute Gasteiger partial charge is 0.341 e. The van der Waals surface area contributed by atoms with E-state index >= 15 is 0 Å². The summed E-state index contributed by atoms with van der Waals surface area (Å²) < 4.78 is 9.57. The van der Waals surface area contributed by atoms with Crippen LogP contribution in [0, 0.1) is 0 Å². The van der Waals surface area contributed by atoms with Crippen molar-refractivity contribution in [2.75, 3.05) is 6.61 Å². The summed E-state index contributed by atoms with van der Waals surface area (Å²) in [5, 5.41) is 18.2. The van der Waals surface area contributed by atoms with E-state index in [-0.39, 0.29) is 6.10 Å². The van der Waals surface area contributed by atoms with Gasteiger partial charge in [0, 0.05) is 0 Å². The molecule has 0 aromatic heterocycles. The van der Waals surface area contributed by atoms with E-state index in [1.165, 1.54) is 6.42 Å². The molecule has 1 fully saturated rings. The number of ether oxygens (including phenoxy) is 2. The molecule has 0 aromatic carbocycles. The molecule has 1 aliphatic carbocycles. The summed E-state index contributed by atoms with van der Waals surface area (Å²) in [6, 6.07) is 0. The van der Waals surface area contributed by atoms with Gasteiger partial charge in [-0.05, 0) is 25.7 Å². The van der Waals surface area contributed by atoms with Crippen LogP contribution < -0.4 is 0 Å². The lowest BCUT2D eigenvalue weighted by Crippen LogP contribution is -2.33. The highest BCUT2D eigenvalue weighted by Crippen LogP contribution is 2.20.